The molecule has 1 fully saturated rings. The van der Waals surface area contributed by atoms with Gasteiger partial charge in [0.1, 0.15) is 12.4 Å². The summed E-state index contributed by atoms with van der Waals surface area (Å²) in [6, 6.07) is 7.67. The van der Waals surface area contributed by atoms with Gasteiger partial charge in [-0.2, -0.15) is 0 Å². The Morgan fingerprint density at radius 2 is 1.94 bits per heavy atom. The largest absolute Gasteiger partial charge is 0.492 e. The number of benzene rings is 1. The van der Waals surface area contributed by atoms with Crippen LogP contribution >= 0.6 is 0 Å². The fraction of sp³-hybridized carbons (Fsp3) is 0.296. The van der Waals surface area contributed by atoms with Crippen LogP contribution < -0.4 is 27.1 Å². The molecule has 0 unspecified atom stereocenters. The first kappa shape index (κ1) is 25.0. The van der Waals surface area contributed by atoms with Crippen molar-refractivity contribution in [3.05, 3.63) is 82.0 Å². The van der Waals surface area contributed by atoms with E-state index < -0.39 is 0 Å². The Labute approximate surface area is 211 Å². The van der Waals surface area contributed by atoms with E-state index in [0.717, 1.165) is 36.6 Å². The number of likely N-dealkylation sites (tertiary alicyclic amines) is 1. The molecule has 3 aromatic rings. The highest BCUT2D eigenvalue weighted by atomic mass is 16.5. The maximum absolute atomic E-state index is 13.1. The number of nitrogens with zero attached hydrogens (tertiary/aromatic N) is 4. The van der Waals surface area contributed by atoms with E-state index in [-0.39, 0.29) is 11.5 Å². The molecule has 4 rings (SSSR count). The van der Waals surface area contributed by atoms with Crippen LogP contribution in [0.15, 0.2) is 54.2 Å². The summed E-state index contributed by atoms with van der Waals surface area (Å²) in [4.78, 5) is 23.4. The molecule has 1 saturated heterocycles. The number of rotatable bonds is 9. The van der Waals surface area contributed by atoms with Gasteiger partial charge >= 0.3 is 0 Å². The van der Waals surface area contributed by atoms with Gasteiger partial charge in [0, 0.05) is 54.8 Å². The lowest BCUT2D eigenvalue weighted by atomic mass is 10.0. The van der Waals surface area contributed by atoms with Crippen molar-refractivity contribution in [3.63, 3.8) is 0 Å². The lowest BCUT2D eigenvalue weighted by Crippen LogP contribution is -2.25. The minimum absolute atomic E-state index is 0.164. The van der Waals surface area contributed by atoms with Crippen molar-refractivity contribution in [2.45, 2.75) is 19.8 Å². The highest BCUT2D eigenvalue weighted by Crippen LogP contribution is 2.26. The Morgan fingerprint density at radius 1 is 1.22 bits per heavy atom. The molecule has 36 heavy (non-hydrogen) atoms. The maximum Gasteiger partial charge on any atom is 0.260 e. The van der Waals surface area contributed by atoms with E-state index in [1.54, 1.807) is 31.7 Å². The van der Waals surface area contributed by atoms with Gasteiger partial charge in [0.05, 0.1) is 5.56 Å². The topological polar surface area (TPSA) is 124 Å². The monoisotopic (exact) mass is 487 g/mol. The van der Waals surface area contributed by atoms with Gasteiger partial charge in [0.15, 0.2) is 0 Å². The lowest BCUT2D eigenvalue weighted by molar-refractivity contribution is 0.237. The number of nitrogens with one attached hydrogen (secondary N) is 1. The third kappa shape index (κ3) is 5.92. The molecule has 9 heteroatoms. The first-order valence-electron chi connectivity index (χ1n) is 12.0. The smallest absolute Gasteiger partial charge is 0.260 e. The number of hydrogen-bond acceptors (Lipinski definition) is 8. The van der Waals surface area contributed by atoms with E-state index in [9.17, 15) is 4.79 Å². The molecule has 0 bridgehead atoms. The molecule has 1 aromatic carbocycles. The average Bonchev–Trinajstić information content (AvgIpc) is 3.37. The molecule has 0 radical (unpaired) electrons. The van der Waals surface area contributed by atoms with Gasteiger partial charge < -0.3 is 26.1 Å². The van der Waals surface area contributed by atoms with E-state index in [2.05, 4.69) is 26.8 Å². The summed E-state index contributed by atoms with van der Waals surface area (Å²) in [5.74, 6) is 1.01. The standard InChI is InChI=1S/C27H33N7O2/c1-18-14-22(6-7-24(18)36-13-12-34-9-4-5-10-34)32-19(2)25-20(8-11-33(3)26(25)35)15-23(28)21-16-30-27(29)31-17-21/h6-8,11,14-17,32H,2,4-5,9-10,12-13,28H2,1,3H3,(H2,29,30,31)/b23-15-. The molecule has 1 aliphatic rings. The molecule has 0 aliphatic carbocycles. The summed E-state index contributed by atoms with van der Waals surface area (Å²) in [6.07, 6.45) is 9.03. The molecule has 0 saturated carbocycles. The Kier molecular flexibility index (Phi) is 7.70. The van der Waals surface area contributed by atoms with Crippen LogP contribution in [0.1, 0.15) is 35.1 Å². The average molecular weight is 488 g/mol. The number of pyridine rings is 1. The summed E-state index contributed by atoms with van der Waals surface area (Å²) >= 11 is 0. The zero-order chi connectivity index (χ0) is 25.7. The molecule has 9 nitrogen and oxygen atoms in total. The van der Waals surface area contributed by atoms with Crippen molar-refractivity contribution in [2.75, 3.05) is 37.3 Å². The number of hydrogen-bond donors (Lipinski definition) is 3. The van der Waals surface area contributed by atoms with Gasteiger partial charge in [-0.3, -0.25) is 9.69 Å². The quantitative estimate of drug-likeness (QED) is 0.421. The molecule has 0 spiro atoms. The van der Waals surface area contributed by atoms with E-state index in [4.69, 9.17) is 16.2 Å². The van der Waals surface area contributed by atoms with E-state index in [1.165, 1.54) is 17.4 Å². The van der Waals surface area contributed by atoms with Crippen LogP contribution in [-0.4, -0.2) is 45.7 Å². The zero-order valence-corrected chi connectivity index (χ0v) is 20.8. The van der Waals surface area contributed by atoms with Gasteiger partial charge in [0.2, 0.25) is 5.95 Å². The van der Waals surface area contributed by atoms with Gasteiger partial charge in [-0.25, -0.2) is 9.97 Å². The van der Waals surface area contributed by atoms with Crippen molar-refractivity contribution < 1.29 is 4.74 Å². The van der Waals surface area contributed by atoms with E-state index in [1.807, 2.05) is 31.2 Å². The van der Waals surface area contributed by atoms with Crippen LogP contribution in [0.5, 0.6) is 5.75 Å². The summed E-state index contributed by atoms with van der Waals surface area (Å²) in [7, 11) is 1.70. The lowest BCUT2D eigenvalue weighted by Gasteiger charge is -2.17. The first-order chi connectivity index (χ1) is 17.3. The maximum atomic E-state index is 13.1. The second kappa shape index (κ2) is 11.1. The van der Waals surface area contributed by atoms with Gasteiger partial charge in [-0.15, -0.1) is 0 Å². The SMILES string of the molecule is C=C(Nc1ccc(OCCN2CCCC2)c(C)c1)c1c(/C=C(\N)c2cnc(N)nc2)ccn(C)c1=O. The molecular weight excluding hydrogens is 454 g/mol. The summed E-state index contributed by atoms with van der Waals surface area (Å²) in [5.41, 5.74) is 16.0. The van der Waals surface area contributed by atoms with Crippen molar-refractivity contribution in [1.82, 2.24) is 19.4 Å². The molecule has 5 N–H and O–H groups in total. The van der Waals surface area contributed by atoms with Gasteiger partial charge in [-0.05, 0) is 74.3 Å². The number of nitrogens with two attached hydrogens (primary N) is 2. The Hall–Kier alpha value is -4.11. The van der Waals surface area contributed by atoms with Gasteiger partial charge in [-0.1, -0.05) is 6.58 Å². The fourth-order valence-corrected chi connectivity index (χ4v) is 4.22. The van der Waals surface area contributed by atoms with Crippen LogP contribution in [0.3, 0.4) is 0 Å². The summed E-state index contributed by atoms with van der Waals surface area (Å²) in [6.45, 7) is 10.1. The molecule has 3 heterocycles. The highest BCUT2D eigenvalue weighted by molar-refractivity contribution is 5.86. The third-order valence-corrected chi connectivity index (χ3v) is 6.25. The normalized spacial score (nSPS) is 14.1. The van der Waals surface area contributed by atoms with Crippen LogP contribution in [0.25, 0.3) is 17.5 Å². The summed E-state index contributed by atoms with van der Waals surface area (Å²) < 4.78 is 7.51. The molecule has 188 valence electrons. The molecule has 2 aromatic heterocycles. The van der Waals surface area contributed by atoms with Crippen molar-refractivity contribution in [2.24, 2.45) is 12.8 Å². The third-order valence-electron chi connectivity index (χ3n) is 6.25. The minimum Gasteiger partial charge on any atom is -0.492 e. The Balaban J connectivity index is 1.51. The van der Waals surface area contributed by atoms with Crippen LogP contribution in [-0.2, 0) is 7.05 Å². The number of aromatic nitrogens is 3. The van der Waals surface area contributed by atoms with Crippen molar-refractivity contribution in [3.8, 4) is 5.75 Å². The molecule has 1 aliphatic heterocycles. The zero-order valence-electron chi connectivity index (χ0n) is 20.8. The Bertz CT molecular complexity index is 1320. The number of ether oxygens (including phenoxy) is 1. The highest BCUT2D eigenvalue weighted by Gasteiger charge is 2.14. The van der Waals surface area contributed by atoms with Gasteiger partial charge in [0.25, 0.3) is 5.56 Å². The Morgan fingerprint density at radius 3 is 2.64 bits per heavy atom. The number of aryl methyl sites for hydroxylation is 2. The molecule has 0 atom stereocenters. The predicted molar refractivity (Wildman–Crippen MR) is 145 cm³/mol. The second-order valence-corrected chi connectivity index (χ2v) is 8.97. The van der Waals surface area contributed by atoms with E-state index in [0.29, 0.717) is 34.7 Å². The van der Waals surface area contributed by atoms with Crippen molar-refractivity contribution in [1.29, 1.82) is 0 Å². The first-order valence-corrected chi connectivity index (χ1v) is 12.0. The molecular formula is C27H33N7O2. The fourth-order valence-electron chi connectivity index (χ4n) is 4.22. The van der Waals surface area contributed by atoms with Crippen LogP contribution in [0.4, 0.5) is 11.6 Å². The second-order valence-electron chi connectivity index (χ2n) is 8.97. The predicted octanol–water partition coefficient (Wildman–Crippen LogP) is 3.08. The van der Waals surface area contributed by atoms with Crippen LogP contribution in [0, 0.1) is 6.92 Å². The number of nitrogen functional groups attached to an aromatic ring is 1. The van der Waals surface area contributed by atoms with Crippen LogP contribution in [0.2, 0.25) is 0 Å². The van der Waals surface area contributed by atoms with Crippen molar-refractivity contribution >= 4 is 29.1 Å². The summed E-state index contributed by atoms with van der Waals surface area (Å²) in [5, 5.41) is 3.27. The van der Waals surface area contributed by atoms with E-state index >= 15 is 0 Å². The molecule has 0 amide bonds. The number of anilines is 2. The minimum atomic E-state index is -0.193.